The number of aromatic hydroxyl groups is 1. The molecule has 96 valence electrons. The zero-order chi connectivity index (χ0) is 13.5. The highest BCUT2D eigenvalue weighted by Crippen LogP contribution is 2.47. The molecule has 0 fully saturated rings. The smallest absolute Gasteiger partial charge is 0.115 e. The van der Waals surface area contributed by atoms with Crippen LogP contribution < -0.4 is 0 Å². The third kappa shape index (κ3) is 1.56. The van der Waals surface area contributed by atoms with Gasteiger partial charge in [0.05, 0.1) is 0 Å². The van der Waals surface area contributed by atoms with E-state index in [0.29, 0.717) is 5.75 Å². The third-order valence-electron chi connectivity index (χ3n) is 4.04. The summed E-state index contributed by atoms with van der Waals surface area (Å²) in [6.45, 7) is 0. The lowest BCUT2D eigenvalue weighted by Gasteiger charge is -2.14. The predicted octanol–water partition coefficient (Wildman–Crippen LogP) is 4.55. The summed E-state index contributed by atoms with van der Waals surface area (Å²) in [4.78, 5) is 0. The van der Waals surface area contributed by atoms with E-state index in [-0.39, 0.29) is 5.92 Å². The van der Waals surface area contributed by atoms with Crippen molar-refractivity contribution in [2.24, 2.45) is 0 Å². The van der Waals surface area contributed by atoms with E-state index in [1.165, 1.54) is 22.3 Å². The van der Waals surface area contributed by atoms with Gasteiger partial charge in [-0.25, -0.2) is 0 Å². The van der Waals surface area contributed by atoms with Gasteiger partial charge in [-0.3, -0.25) is 0 Å². The van der Waals surface area contributed by atoms with Crippen LogP contribution >= 0.6 is 0 Å². The van der Waals surface area contributed by atoms with Crippen molar-refractivity contribution in [2.75, 3.05) is 0 Å². The van der Waals surface area contributed by atoms with Gasteiger partial charge in [-0.2, -0.15) is 0 Å². The van der Waals surface area contributed by atoms with Crippen LogP contribution in [-0.2, 0) is 0 Å². The molecule has 0 atom stereocenters. The number of phenols is 1. The van der Waals surface area contributed by atoms with Crippen LogP contribution in [-0.4, -0.2) is 5.11 Å². The molecular weight excluding hydrogens is 244 g/mol. The Kier molecular flexibility index (Phi) is 2.40. The molecule has 0 heterocycles. The first-order valence-corrected chi connectivity index (χ1v) is 6.82. The fourth-order valence-corrected chi connectivity index (χ4v) is 3.22. The standard InChI is InChI=1S/C19H14O/c20-14-7-5-6-13(12-14)19-17-10-3-1-8-15(17)16-9-2-4-11-18(16)19/h1-12,19-20H. The van der Waals surface area contributed by atoms with Gasteiger partial charge in [0, 0.05) is 5.92 Å². The van der Waals surface area contributed by atoms with Crippen molar-refractivity contribution < 1.29 is 5.11 Å². The van der Waals surface area contributed by atoms with E-state index in [9.17, 15) is 5.11 Å². The van der Waals surface area contributed by atoms with Crippen LogP contribution in [0.5, 0.6) is 5.75 Å². The molecule has 0 aromatic heterocycles. The molecule has 1 heteroatoms. The van der Waals surface area contributed by atoms with Crippen molar-refractivity contribution in [1.29, 1.82) is 0 Å². The van der Waals surface area contributed by atoms with E-state index in [2.05, 4.69) is 54.6 Å². The van der Waals surface area contributed by atoms with Crippen LogP contribution in [0.2, 0.25) is 0 Å². The Hall–Kier alpha value is -2.54. The highest BCUT2D eigenvalue weighted by molar-refractivity contribution is 5.80. The summed E-state index contributed by atoms with van der Waals surface area (Å²) in [6.07, 6.45) is 0. The van der Waals surface area contributed by atoms with Gasteiger partial charge < -0.3 is 5.11 Å². The Morgan fingerprint density at radius 1 is 0.650 bits per heavy atom. The second-order valence-electron chi connectivity index (χ2n) is 5.20. The molecule has 1 aliphatic carbocycles. The summed E-state index contributed by atoms with van der Waals surface area (Å²) in [7, 11) is 0. The predicted molar refractivity (Wildman–Crippen MR) is 80.9 cm³/mol. The number of rotatable bonds is 1. The largest absolute Gasteiger partial charge is 0.508 e. The lowest BCUT2D eigenvalue weighted by molar-refractivity contribution is 0.474. The van der Waals surface area contributed by atoms with Crippen molar-refractivity contribution in [3.63, 3.8) is 0 Å². The molecule has 0 spiro atoms. The van der Waals surface area contributed by atoms with Crippen LogP contribution in [0.3, 0.4) is 0 Å². The number of hydrogen-bond donors (Lipinski definition) is 1. The molecule has 1 aliphatic rings. The first-order valence-electron chi connectivity index (χ1n) is 6.82. The average Bonchev–Trinajstić information content (AvgIpc) is 2.82. The first kappa shape index (κ1) is 11.3. The zero-order valence-corrected chi connectivity index (χ0v) is 11.0. The summed E-state index contributed by atoms with van der Waals surface area (Å²) in [5.41, 5.74) is 6.38. The van der Waals surface area contributed by atoms with Gasteiger partial charge in [-0.15, -0.1) is 0 Å². The van der Waals surface area contributed by atoms with Crippen LogP contribution in [0.15, 0.2) is 72.8 Å². The minimum absolute atomic E-state index is 0.217. The van der Waals surface area contributed by atoms with Gasteiger partial charge in [-0.1, -0.05) is 60.7 Å². The number of hydrogen-bond acceptors (Lipinski definition) is 1. The van der Waals surface area contributed by atoms with E-state index in [1.54, 1.807) is 6.07 Å². The SMILES string of the molecule is Oc1cccc(C2c3ccccc3-c3ccccc32)c1. The first-order chi connectivity index (χ1) is 9.84. The van der Waals surface area contributed by atoms with E-state index < -0.39 is 0 Å². The molecule has 0 bridgehead atoms. The van der Waals surface area contributed by atoms with E-state index in [0.717, 1.165) is 5.56 Å². The van der Waals surface area contributed by atoms with Crippen molar-refractivity contribution >= 4 is 0 Å². The van der Waals surface area contributed by atoms with E-state index in [4.69, 9.17) is 0 Å². The maximum atomic E-state index is 9.77. The lowest BCUT2D eigenvalue weighted by atomic mass is 9.89. The van der Waals surface area contributed by atoms with E-state index in [1.807, 2.05) is 12.1 Å². The molecule has 0 radical (unpaired) electrons. The molecule has 0 saturated heterocycles. The Balaban J connectivity index is 2.00. The molecule has 0 aliphatic heterocycles. The van der Waals surface area contributed by atoms with Crippen molar-refractivity contribution in [3.8, 4) is 16.9 Å². The Morgan fingerprint density at radius 2 is 1.25 bits per heavy atom. The quantitative estimate of drug-likeness (QED) is 0.531. The van der Waals surface area contributed by atoms with Gasteiger partial charge in [-0.05, 0) is 39.9 Å². The van der Waals surface area contributed by atoms with Gasteiger partial charge in [0.1, 0.15) is 5.75 Å². The summed E-state index contributed by atoms with van der Waals surface area (Å²) in [5, 5.41) is 9.77. The molecule has 3 aromatic rings. The minimum Gasteiger partial charge on any atom is -0.508 e. The monoisotopic (exact) mass is 258 g/mol. The zero-order valence-electron chi connectivity index (χ0n) is 11.0. The maximum Gasteiger partial charge on any atom is 0.115 e. The highest BCUT2D eigenvalue weighted by Gasteiger charge is 2.29. The van der Waals surface area contributed by atoms with Gasteiger partial charge in [0.15, 0.2) is 0 Å². The molecule has 20 heavy (non-hydrogen) atoms. The topological polar surface area (TPSA) is 20.2 Å². The van der Waals surface area contributed by atoms with Crippen molar-refractivity contribution in [3.05, 3.63) is 89.5 Å². The van der Waals surface area contributed by atoms with Gasteiger partial charge in [0.25, 0.3) is 0 Å². The normalized spacial score (nSPS) is 13.0. The average molecular weight is 258 g/mol. The lowest BCUT2D eigenvalue weighted by Crippen LogP contribution is -1.98. The number of benzene rings is 3. The Morgan fingerprint density at radius 3 is 1.85 bits per heavy atom. The van der Waals surface area contributed by atoms with Crippen LogP contribution in [0.1, 0.15) is 22.6 Å². The third-order valence-corrected chi connectivity index (χ3v) is 4.04. The summed E-state index contributed by atoms with van der Waals surface area (Å²) in [6, 6.07) is 24.6. The van der Waals surface area contributed by atoms with Crippen LogP contribution in [0.4, 0.5) is 0 Å². The molecule has 0 amide bonds. The van der Waals surface area contributed by atoms with Gasteiger partial charge >= 0.3 is 0 Å². The highest BCUT2D eigenvalue weighted by atomic mass is 16.3. The second kappa shape index (κ2) is 4.24. The second-order valence-corrected chi connectivity index (χ2v) is 5.20. The molecule has 1 N–H and O–H groups in total. The van der Waals surface area contributed by atoms with Crippen LogP contribution in [0, 0.1) is 0 Å². The van der Waals surface area contributed by atoms with E-state index >= 15 is 0 Å². The molecule has 0 saturated carbocycles. The summed E-state index contributed by atoms with van der Waals surface area (Å²) in [5.74, 6) is 0.541. The fourth-order valence-electron chi connectivity index (χ4n) is 3.22. The van der Waals surface area contributed by atoms with Crippen LogP contribution in [0.25, 0.3) is 11.1 Å². The molecule has 0 unspecified atom stereocenters. The summed E-state index contributed by atoms with van der Waals surface area (Å²) >= 11 is 0. The fraction of sp³-hybridized carbons (Fsp3) is 0.0526. The van der Waals surface area contributed by atoms with Crippen molar-refractivity contribution in [1.82, 2.24) is 0 Å². The maximum absolute atomic E-state index is 9.77. The number of phenolic OH excluding ortho intramolecular Hbond substituents is 1. The summed E-state index contributed by atoms with van der Waals surface area (Å²) < 4.78 is 0. The number of fused-ring (bicyclic) bond motifs is 3. The molecule has 4 rings (SSSR count). The Labute approximate surface area is 118 Å². The molecular formula is C19H14O. The molecule has 1 nitrogen and oxygen atoms in total. The Bertz CT molecular complexity index is 744. The molecule has 3 aromatic carbocycles. The minimum atomic E-state index is 0.217. The van der Waals surface area contributed by atoms with Crippen molar-refractivity contribution in [2.45, 2.75) is 5.92 Å². The van der Waals surface area contributed by atoms with Gasteiger partial charge in [0.2, 0.25) is 0 Å².